The zero-order valence-electron chi connectivity index (χ0n) is 6.92. The van der Waals surface area contributed by atoms with Crippen LogP contribution < -0.4 is 5.32 Å². The molecule has 1 aliphatic heterocycles. The Labute approximate surface area is 76.2 Å². The van der Waals surface area contributed by atoms with Crippen molar-refractivity contribution in [2.24, 2.45) is 0 Å². The van der Waals surface area contributed by atoms with E-state index in [2.05, 4.69) is 15.8 Å². The minimum Gasteiger partial charge on any atom is -0.311 e. The van der Waals surface area contributed by atoms with Crippen molar-refractivity contribution in [1.29, 1.82) is 0 Å². The lowest BCUT2D eigenvalue weighted by atomic mass is 10.1. The fourth-order valence-corrected chi connectivity index (χ4v) is 3.19. The Morgan fingerprint density at radius 1 is 1.67 bits per heavy atom. The van der Waals surface area contributed by atoms with E-state index in [9.17, 15) is 0 Å². The van der Waals surface area contributed by atoms with Crippen molar-refractivity contribution in [1.82, 2.24) is 9.69 Å². The number of aromatic nitrogens is 1. The molecular formula is C9H12N2S. The molecule has 3 heteroatoms. The molecule has 1 aliphatic carbocycles. The second-order valence-electron chi connectivity index (χ2n) is 3.86. The zero-order chi connectivity index (χ0) is 8.02. The van der Waals surface area contributed by atoms with E-state index < -0.39 is 0 Å². The smallest absolute Gasteiger partial charge is 0.0409 e. The Morgan fingerprint density at radius 2 is 2.67 bits per heavy atom. The van der Waals surface area contributed by atoms with Crippen molar-refractivity contribution in [2.75, 3.05) is 6.54 Å². The van der Waals surface area contributed by atoms with Crippen molar-refractivity contribution in [2.45, 2.75) is 30.7 Å². The van der Waals surface area contributed by atoms with Crippen LogP contribution in [-0.4, -0.2) is 16.5 Å². The molecule has 0 aromatic carbocycles. The van der Waals surface area contributed by atoms with Gasteiger partial charge in [0.05, 0.1) is 0 Å². The van der Waals surface area contributed by atoms with E-state index in [-0.39, 0.29) is 0 Å². The number of rotatable bonds is 1. The van der Waals surface area contributed by atoms with Crippen LogP contribution in [-0.2, 0) is 0 Å². The lowest BCUT2D eigenvalue weighted by molar-refractivity contribution is 0.581. The lowest BCUT2D eigenvalue weighted by Crippen LogP contribution is -2.24. The van der Waals surface area contributed by atoms with Gasteiger partial charge in [0.2, 0.25) is 0 Å². The van der Waals surface area contributed by atoms with Crippen LogP contribution in [0, 0.1) is 0 Å². The third-order valence-electron chi connectivity index (χ3n) is 3.15. The largest absolute Gasteiger partial charge is 0.311 e. The maximum absolute atomic E-state index is 4.15. The topological polar surface area (TPSA) is 24.9 Å². The predicted molar refractivity (Wildman–Crippen MR) is 49.4 cm³/mol. The Bertz CT molecular complexity index is 275. The van der Waals surface area contributed by atoms with Gasteiger partial charge in [0.15, 0.2) is 0 Å². The summed E-state index contributed by atoms with van der Waals surface area (Å²) >= 11 is 1.66. The minimum atomic E-state index is 0.506. The van der Waals surface area contributed by atoms with E-state index >= 15 is 0 Å². The molecule has 1 aromatic heterocycles. The molecule has 3 rings (SSSR count). The highest BCUT2D eigenvalue weighted by Crippen LogP contribution is 2.56. The molecule has 1 saturated carbocycles. The summed E-state index contributed by atoms with van der Waals surface area (Å²) in [5, 5.41) is 3.62. The first-order chi connectivity index (χ1) is 5.91. The van der Waals surface area contributed by atoms with Crippen LogP contribution in [0.3, 0.4) is 0 Å². The molecular weight excluding hydrogens is 168 g/mol. The van der Waals surface area contributed by atoms with E-state index in [1.807, 2.05) is 6.20 Å². The molecule has 2 nitrogen and oxygen atoms in total. The summed E-state index contributed by atoms with van der Waals surface area (Å²) in [7, 11) is 0. The molecule has 1 aromatic rings. The molecule has 1 spiro atoms. The monoisotopic (exact) mass is 180 g/mol. The highest BCUT2D eigenvalue weighted by molar-refractivity contribution is 7.05. The fourth-order valence-electron chi connectivity index (χ4n) is 2.38. The van der Waals surface area contributed by atoms with Gasteiger partial charge in [0, 0.05) is 22.5 Å². The standard InChI is InChI=1S/C9H12N2S/c1-3-9(10-4-1)6-7(9)8-2-5-11-12-8/h2,5,7,10H,1,3-4,6H2. The van der Waals surface area contributed by atoms with Gasteiger partial charge in [-0.1, -0.05) is 0 Å². The Hall–Kier alpha value is -0.410. The van der Waals surface area contributed by atoms with E-state index in [0.717, 1.165) is 5.92 Å². The Balaban J connectivity index is 1.83. The van der Waals surface area contributed by atoms with E-state index in [4.69, 9.17) is 0 Å². The van der Waals surface area contributed by atoms with Crippen molar-refractivity contribution >= 4 is 11.5 Å². The first-order valence-electron chi connectivity index (χ1n) is 4.56. The van der Waals surface area contributed by atoms with Crippen LogP contribution in [0.15, 0.2) is 12.3 Å². The second-order valence-corrected chi connectivity index (χ2v) is 4.72. The first-order valence-corrected chi connectivity index (χ1v) is 5.34. The molecule has 2 fully saturated rings. The SMILES string of the molecule is c1cc(C2CC23CCCN3)sn1. The highest BCUT2D eigenvalue weighted by atomic mass is 32.1. The molecule has 0 bridgehead atoms. The molecule has 0 amide bonds. The number of nitrogens with one attached hydrogen (secondary N) is 1. The van der Waals surface area contributed by atoms with Crippen molar-refractivity contribution in [3.8, 4) is 0 Å². The van der Waals surface area contributed by atoms with Crippen molar-refractivity contribution in [3.05, 3.63) is 17.1 Å². The van der Waals surface area contributed by atoms with Crippen molar-refractivity contribution < 1.29 is 0 Å². The summed E-state index contributed by atoms with van der Waals surface area (Å²) < 4.78 is 4.15. The average Bonchev–Trinajstić information content (AvgIpc) is 2.58. The summed E-state index contributed by atoms with van der Waals surface area (Å²) in [6.45, 7) is 1.22. The average molecular weight is 180 g/mol. The minimum absolute atomic E-state index is 0.506. The number of hydrogen-bond donors (Lipinski definition) is 1. The van der Waals surface area contributed by atoms with E-state index in [1.54, 1.807) is 11.5 Å². The fraction of sp³-hybridized carbons (Fsp3) is 0.667. The van der Waals surface area contributed by atoms with Gasteiger partial charge in [-0.25, -0.2) is 4.37 Å². The molecule has 0 radical (unpaired) electrons. The van der Waals surface area contributed by atoms with Gasteiger partial charge in [-0.05, 0) is 43.4 Å². The van der Waals surface area contributed by atoms with Crippen molar-refractivity contribution in [3.63, 3.8) is 0 Å². The van der Waals surface area contributed by atoms with Crippen LogP contribution in [0.25, 0.3) is 0 Å². The summed E-state index contributed by atoms with van der Waals surface area (Å²) in [5.74, 6) is 0.785. The molecule has 12 heavy (non-hydrogen) atoms. The molecule has 64 valence electrons. The van der Waals surface area contributed by atoms with Gasteiger partial charge < -0.3 is 5.32 Å². The van der Waals surface area contributed by atoms with Gasteiger partial charge in [-0.2, -0.15) is 0 Å². The summed E-state index contributed by atoms with van der Waals surface area (Å²) in [4.78, 5) is 1.48. The predicted octanol–water partition coefficient (Wildman–Crippen LogP) is 1.75. The molecule has 1 saturated heterocycles. The molecule has 2 aliphatic rings. The van der Waals surface area contributed by atoms with Gasteiger partial charge in [0.25, 0.3) is 0 Å². The van der Waals surface area contributed by atoms with Gasteiger partial charge >= 0.3 is 0 Å². The van der Waals surface area contributed by atoms with Gasteiger partial charge in [0.1, 0.15) is 0 Å². The van der Waals surface area contributed by atoms with Crippen LogP contribution >= 0.6 is 11.5 Å². The Kier molecular flexibility index (Phi) is 1.35. The van der Waals surface area contributed by atoms with Gasteiger partial charge in [-0.15, -0.1) is 0 Å². The van der Waals surface area contributed by atoms with Gasteiger partial charge in [-0.3, -0.25) is 0 Å². The zero-order valence-corrected chi connectivity index (χ0v) is 7.73. The number of hydrogen-bond acceptors (Lipinski definition) is 3. The Morgan fingerprint density at radius 3 is 3.33 bits per heavy atom. The third kappa shape index (κ3) is 0.866. The molecule has 2 heterocycles. The summed E-state index contributed by atoms with van der Waals surface area (Å²) in [6.07, 6.45) is 5.99. The highest BCUT2D eigenvalue weighted by Gasteiger charge is 2.56. The first kappa shape index (κ1) is 7.04. The van der Waals surface area contributed by atoms with Crippen LogP contribution in [0.1, 0.15) is 30.1 Å². The van der Waals surface area contributed by atoms with Crippen LogP contribution in [0.2, 0.25) is 0 Å². The maximum Gasteiger partial charge on any atom is 0.0409 e. The third-order valence-corrected chi connectivity index (χ3v) is 4.01. The quantitative estimate of drug-likeness (QED) is 0.712. The normalized spacial score (nSPS) is 39.2. The maximum atomic E-state index is 4.15. The van der Waals surface area contributed by atoms with Crippen LogP contribution in [0.5, 0.6) is 0 Å². The summed E-state index contributed by atoms with van der Waals surface area (Å²) in [6, 6.07) is 2.17. The van der Waals surface area contributed by atoms with E-state index in [1.165, 1.54) is 30.7 Å². The molecule has 2 unspecified atom stereocenters. The van der Waals surface area contributed by atoms with E-state index in [0.29, 0.717) is 5.54 Å². The molecule has 1 N–H and O–H groups in total. The summed E-state index contributed by atoms with van der Waals surface area (Å²) in [5.41, 5.74) is 0.506. The number of nitrogens with zero attached hydrogens (tertiary/aromatic N) is 1. The lowest BCUT2D eigenvalue weighted by Gasteiger charge is -2.06. The second kappa shape index (κ2) is 2.30. The van der Waals surface area contributed by atoms with Crippen LogP contribution in [0.4, 0.5) is 0 Å². The molecule has 2 atom stereocenters.